The van der Waals surface area contributed by atoms with Gasteiger partial charge in [0.05, 0.1) is 0 Å². The summed E-state index contributed by atoms with van der Waals surface area (Å²) in [4.78, 5) is 0. The molecule has 0 aromatic carbocycles. The van der Waals surface area contributed by atoms with Crippen LogP contribution in [0.15, 0.2) is 0 Å². The average Bonchev–Trinajstić information content (AvgIpc) is 2.32. The number of hydrogen-bond acceptors (Lipinski definition) is 0. The maximum Gasteiger partial charge on any atom is 0.0156 e. The number of hydrogen-bond donors (Lipinski definition) is 0. The van der Waals surface area contributed by atoms with Crippen LogP contribution >= 0.6 is 0 Å². The Labute approximate surface area is 76.7 Å². The quantitative estimate of drug-likeness (QED) is 0.577. The van der Waals surface area contributed by atoms with Crippen molar-refractivity contribution in [1.82, 2.24) is 5.73 Å². The summed E-state index contributed by atoms with van der Waals surface area (Å²) in [6.45, 7) is 2.92. The normalized spacial score (nSPS) is 23.5. The van der Waals surface area contributed by atoms with Gasteiger partial charge in [-0.1, -0.05) is 39.0 Å². The molecule has 0 bridgehead atoms. The highest BCUT2D eigenvalue weighted by molar-refractivity contribution is 4.81. The van der Waals surface area contributed by atoms with Crippen molar-refractivity contribution in [3.8, 4) is 0 Å². The minimum absolute atomic E-state index is 0.422. The lowest BCUT2D eigenvalue weighted by atomic mass is 9.77. The van der Waals surface area contributed by atoms with E-state index >= 15 is 0 Å². The summed E-state index contributed by atoms with van der Waals surface area (Å²) in [5.41, 5.74) is 8.07. The van der Waals surface area contributed by atoms with Crippen LogP contribution in [0.25, 0.3) is 0 Å². The molecule has 1 saturated carbocycles. The van der Waals surface area contributed by atoms with Gasteiger partial charge in [-0.2, -0.15) is 0 Å². The van der Waals surface area contributed by atoms with Crippen LogP contribution in [0.3, 0.4) is 0 Å². The molecule has 1 fully saturated rings. The average molecular weight is 168 g/mol. The Morgan fingerprint density at radius 3 is 2.08 bits per heavy atom. The first-order valence-corrected chi connectivity index (χ1v) is 5.47. The molecule has 1 aliphatic rings. The second kappa shape index (κ2) is 4.86. The van der Waals surface area contributed by atoms with Gasteiger partial charge in [0.1, 0.15) is 0 Å². The summed E-state index contributed by atoms with van der Waals surface area (Å²) >= 11 is 0. The molecule has 1 radical (unpaired) electrons. The Balaban J connectivity index is 2.48. The van der Waals surface area contributed by atoms with Gasteiger partial charge in [-0.05, 0) is 24.7 Å². The maximum atomic E-state index is 7.65. The van der Waals surface area contributed by atoms with E-state index in [9.17, 15) is 0 Å². The van der Waals surface area contributed by atoms with Gasteiger partial charge in [0.2, 0.25) is 0 Å². The number of rotatable bonds is 3. The van der Waals surface area contributed by atoms with Crippen molar-refractivity contribution in [2.24, 2.45) is 5.41 Å². The van der Waals surface area contributed by atoms with Crippen LogP contribution in [0.5, 0.6) is 0 Å². The molecule has 0 aliphatic heterocycles. The summed E-state index contributed by atoms with van der Waals surface area (Å²) < 4.78 is 0. The van der Waals surface area contributed by atoms with Crippen LogP contribution in [0.1, 0.15) is 58.3 Å². The van der Waals surface area contributed by atoms with Crippen molar-refractivity contribution in [1.29, 1.82) is 0 Å². The second-order valence-corrected chi connectivity index (χ2v) is 4.34. The highest BCUT2D eigenvalue weighted by Gasteiger charge is 2.28. The van der Waals surface area contributed by atoms with Gasteiger partial charge >= 0.3 is 0 Å². The van der Waals surface area contributed by atoms with Crippen molar-refractivity contribution < 1.29 is 0 Å². The predicted octanol–water partition coefficient (Wildman–Crippen LogP) is 3.41. The lowest BCUT2D eigenvalue weighted by Crippen LogP contribution is -2.25. The van der Waals surface area contributed by atoms with Crippen molar-refractivity contribution in [2.75, 3.05) is 6.54 Å². The van der Waals surface area contributed by atoms with E-state index in [-0.39, 0.29) is 0 Å². The minimum atomic E-state index is 0.422. The fraction of sp³-hybridized carbons (Fsp3) is 1.00. The monoisotopic (exact) mass is 168 g/mol. The molecular formula is C11H22N. The Hall–Kier alpha value is -0.0400. The number of nitrogens with one attached hydrogen (secondary N) is 1. The third kappa shape index (κ3) is 2.48. The standard InChI is InChI=1S/C11H22N/c1-2-7-11(10-12)8-5-3-4-6-9-11/h12H,2-10H2,1H3. The molecule has 0 atom stereocenters. The van der Waals surface area contributed by atoms with Crippen molar-refractivity contribution >= 4 is 0 Å². The van der Waals surface area contributed by atoms with E-state index in [4.69, 9.17) is 5.73 Å². The zero-order chi connectivity index (χ0) is 8.86. The van der Waals surface area contributed by atoms with Crippen molar-refractivity contribution in [3.63, 3.8) is 0 Å². The molecule has 1 nitrogen and oxygen atoms in total. The summed E-state index contributed by atoms with van der Waals surface area (Å²) in [7, 11) is 0. The molecule has 1 heteroatoms. The van der Waals surface area contributed by atoms with E-state index in [1.54, 1.807) is 0 Å². The van der Waals surface area contributed by atoms with Crippen LogP contribution < -0.4 is 5.73 Å². The van der Waals surface area contributed by atoms with Crippen molar-refractivity contribution in [3.05, 3.63) is 0 Å². The van der Waals surface area contributed by atoms with Crippen molar-refractivity contribution in [2.45, 2.75) is 58.3 Å². The fourth-order valence-electron chi connectivity index (χ4n) is 2.52. The topological polar surface area (TPSA) is 23.8 Å². The summed E-state index contributed by atoms with van der Waals surface area (Å²) in [5.74, 6) is 0. The fourth-order valence-corrected chi connectivity index (χ4v) is 2.52. The zero-order valence-electron chi connectivity index (χ0n) is 8.36. The maximum absolute atomic E-state index is 7.65. The molecule has 0 saturated heterocycles. The first-order valence-electron chi connectivity index (χ1n) is 5.47. The van der Waals surface area contributed by atoms with Crippen LogP contribution in [0.2, 0.25) is 0 Å². The predicted molar refractivity (Wildman–Crippen MR) is 53.0 cm³/mol. The van der Waals surface area contributed by atoms with E-state index < -0.39 is 0 Å². The molecule has 0 aromatic rings. The molecule has 0 amide bonds. The van der Waals surface area contributed by atoms with Gasteiger partial charge in [0.15, 0.2) is 0 Å². The SMILES string of the molecule is CCCC1(C[NH])CCCCCC1. The third-order valence-electron chi connectivity index (χ3n) is 3.32. The highest BCUT2D eigenvalue weighted by Crippen LogP contribution is 2.38. The molecule has 1 aliphatic carbocycles. The summed E-state index contributed by atoms with van der Waals surface area (Å²) in [6.07, 6.45) is 10.8. The molecule has 0 aromatic heterocycles. The molecular weight excluding hydrogens is 146 g/mol. The van der Waals surface area contributed by atoms with Gasteiger partial charge < -0.3 is 0 Å². The Morgan fingerprint density at radius 1 is 1.08 bits per heavy atom. The van der Waals surface area contributed by atoms with Crippen LogP contribution in [-0.4, -0.2) is 6.54 Å². The largest absolute Gasteiger partial charge is 0.257 e. The molecule has 0 spiro atoms. The lowest BCUT2D eigenvalue weighted by Gasteiger charge is -2.30. The van der Waals surface area contributed by atoms with E-state index in [0.717, 1.165) is 0 Å². The summed E-state index contributed by atoms with van der Waals surface area (Å²) in [6, 6.07) is 0. The Bertz CT molecular complexity index is 112. The first kappa shape index (κ1) is 10.0. The zero-order valence-corrected chi connectivity index (χ0v) is 8.36. The van der Waals surface area contributed by atoms with Gasteiger partial charge in [-0.3, -0.25) is 5.73 Å². The lowest BCUT2D eigenvalue weighted by molar-refractivity contribution is 0.228. The minimum Gasteiger partial charge on any atom is -0.257 e. The van der Waals surface area contributed by atoms with Gasteiger partial charge in [-0.25, -0.2) is 0 Å². The van der Waals surface area contributed by atoms with E-state index in [0.29, 0.717) is 12.0 Å². The molecule has 0 unspecified atom stereocenters. The highest BCUT2D eigenvalue weighted by atomic mass is 14.6. The second-order valence-electron chi connectivity index (χ2n) is 4.34. The van der Waals surface area contributed by atoms with Gasteiger partial charge in [-0.15, -0.1) is 0 Å². The smallest absolute Gasteiger partial charge is 0.0156 e. The van der Waals surface area contributed by atoms with Crippen LogP contribution in [0, 0.1) is 5.41 Å². The molecule has 1 rings (SSSR count). The van der Waals surface area contributed by atoms with E-state index in [1.165, 1.54) is 51.4 Å². The molecule has 1 N–H and O–H groups in total. The molecule has 12 heavy (non-hydrogen) atoms. The van der Waals surface area contributed by atoms with E-state index in [2.05, 4.69) is 6.92 Å². The van der Waals surface area contributed by atoms with Gasteiger partial charge in [0.25, 0.3) is 0 Å². The first-order chi connectivity index (χ1) is 5.83. The Morgan fingerprint density at radius 2 is 1.67 bits per heavy atom. The van der Waals surface area contributed by atoms with Crippen LogP contribution in [-0.2, 0) is 0 Å². The summed E-state index contributed by atoms with van der Waals surface area (Å²) in [5, 5.41) is 0. The van der Waals surface area contributed by atoms with E-state index in [1.807, 2.05) is 0 Å². The molecule has 0 heterocycles. The third-order valence-corrected chi connectivity index (χ3v) is 3.32. The van der Waals surface area contributed by atoms with Gasteiger partial charge in [0, 0.05) is 6.54 Å². The Kier molecular flexibility index (Phi) is 4.07. The molecule has 71 valence electrons. The van der Waals surface area contributed by atoms with Crippen LogP contribution in [0.4, 0.5) is 0 Å².